The van der Waals surface area contributed by atoms with Crippen molar-refractivity contribution in [3.8, 4) is 6.07 Å². The first-order valence-electron chi connectivity index (χ1n) is 7.76. The second-order valence-electron chi connectivity index (χ2n) is 5.45. The molecular formula is C17H15ClN6O2. The van der Waals surface area contributed by atoms with Gasteiger partial charge in [0.15, 0.2) is 0 Å². The van der Waals surface area contributed by atoms with Gasteiger partial charge in [-0.3, -0.25) is 9.48 Å². The summed E-state index contributed by atoms with van der Waals surface area (Å²) in [6, 6.07) is 8.94. The zero-order valence-corrected chi connectivity index (χ0v) is 14.4. The van der Waals surface area contributed by atoms with E-state index in [0.717, 1.165) is 0 Å². The minimum Gasteiger partial charge on any atom is -0.395 e. The summed E-state index contributed by atoms with van der Waals surface area (Å²) in [5.74, 6) is 0.238. The monoisotopic (exact) mass is 370 g/mol. The molecule has 0 saturated heterocycles. The molecule has 8 nitrogen and oxygen atoms in total. The van der Waals surface area contributed by atoms with Gasteiger partial charge in [-0.15, -0.1) is 0 Å². The van der Waals surface area contributed by atoms with E-state index in [0.29, 0.717) is 33.0 Å². The predicted molar refractivity (Wildman–Crippen MR) is 97.1 cm³/mol. The Labute approximate surface area is 154 Å². The van der Waals surface area contributed by atoms with Crippen LogP contribution in [0.25, 0.3) is 10.9 Å². The summed E-state index contributed by atoms with van der Waals surface area (Å²) in [7, 11) is 0. The highest BCUT2D eigenvalue weighted by molar-refractivity contribution is 6.31. The number of anilines is 2. The van der Waals surface area contributed by atoms with Crippen LogP contribution in [-0.2, 0) is 11.3 Å². The average molecular weight is 371 g/mol. The molecule has 0 aliphatic rings. The molecule has 0 bridgehead atoms. The number of hydrogen-bond acceptors (Lipinski definition) is 6. The third-order valence-corrected chi connectivity index (χ3v) is 3.77. The van der Waals surface area contributed by atoms with Crippen molar-refractivity contribution < 1.29 is 9.90 Å². The highest BCUT2D eigenvalue weighted by Crippen LogP contribution is 2.25. The van der Waals surface area contributed by atoms with E-state index >= 15 is 0 Å². The lowest BCUT2D eigenvalue weighted by Crippen LogP contribution is -2.30. The third-order valence-electron chi connectivity index (χ3n) is 3.54. The van der Waals surface area contributed by atoms with Crippen LogP contribution < -0.4 is 10.6 Å². The van der Waals surface area contributed by atoms with E-state index in [1.165, 1.54) is 4.68 Å². The van der Waals surface area contributed by atoms with Crippen molar-refractivity contribution in [2.75, 3.05) is 18.5 Å². The first-order valence-corrected chi connectivity index (χ1v) is 8.14. The fourth-order valence-corrected chi connectivity index (χ4v) is 2.59. The van der Waals surface area contributed by atoms with E-state index < -0.39 is 0 Å². The SMILES string of the molecule is N#Cc1cc(Nc2cnn(CC(=O)NCCO)c2)nc2ccc(Cl)cc12. The van der Waals surface area contributed by atoms with Crippen LogP contribution in [0.3, 0.4) is 0 Å². The summed E-state index contributed by atoms with van der Waals surface area (Å²) in [6.07, 6.45) is 3.21. The second-order valence-corrected chi connectivity index (χ2v) is 5.89. The van der Waals surface area contributed by atoms with Gasteiger partial charge < -0.3 is 15.7 Å². The Morgan fingerprint density at radius 3 is 3.00 bits per heavy atom. The fraction of sp³-hybridized carbons (Fsp3) is 0.176. The number of amides is 1. The summed E-state index contributed by atoms with van der Waals surface area (Å²) < 4.78 is 1.46. The normalized spacial score (nSPS) is 10.5. The van der Waals surface area contributed by atoms with Gasteiger partial charge in [-0.1, -0.05) is 11.6 Å². The molecule has 9 heteroatoms. The van der Waals surface area contributed by atoms with Crippen LogP contribution in [0.1, 0.15) is 5.56 Å². The van der Waals surface area contributed by atoms with E-state index in [1.54, 1.807) is 36.7 Å². The van der Waals surface area contributed by atoms with Crippen LogP contribution in [0.15, 0.2) is 36.7 Å². The molecule has 1 amide bonds. The van der Waals surface area contributed by atoms with Crippen molar-refractivity contribution in [3.05, 3.63) is 47.2 Å². The van der Waals surface area contributed by atoms with Crippen LogP contribution >= 0.6 is 11.6 Å². The van der Waals surface area contributed by atoms with Gasteiger partial charge in [0.05, 0.1) is 35.6 Å². The van der Waals surface area contributed by atoms with E-state index in [-0.39, 0.29) is 25.6 Å². The minimum atomic E-state index is -0.249. The standard InChI is InChI=1S/C17H15ClN6O2/c18-12-1-2-15-14(6-12)11(7-19)5-16(23-15)22-13-8-21-24(9-13)10-17(26)20-3-4-25/h1-2,5-6,8-9,25H,3-4,10H2,(H,20,26)(H,22,23). The zero-order valence-electron chi connectivity index (χ0n) is 13.6. The summed E-state index contributed by atoms with van der Waals surface area (Å²) in [4.78, 5) is 16.1. The first kappa shape index (κ1) is 17.7. The lowest BCUT2D eigenvalue weighted by atomic mass is 10.1. The maximum Gasteiger partial charge on any atom is 0.241 e. The van der Waals surface area contributed by atoms with E-state index in [9.17, 15) is 10.1 Å². The van der Waals surface area contributed by atoms with Crippen molar-refractivity contribution in [1.82, 2.24) is 20.1 Å². The molecule has 0 aliphatic heterocycles. The van der Waals surface area contributed by atoms with Gasteiger partial charge in [0, 0.05) is 23.2 Å². The van der Waals surface area contributed by atoms with Gasteiger partial charge in [-0.25, -0.2) is 4.98 Å². The first-order chi connectivity index (χ1) is 12.6. The van der Waals surface area contributed by atoms with Gasteiger partial charge >= 0.3 is 0 Å². The Morgan fingerprint density at radius 1 is 1.38 bits per heavy atom. The number of halogens is 1. The molecule has 0 spiro atoms. The number of fused-ring (bicyclic) bond motifs is 1. The number of carbonyl (C=O) groups excluding carboxylic acids is 1. The maximum atomic E-state index is 11.6. The van der Waals surface area contributed by atoms with Crippen molar-refractivity contribution in [2.45, 2.75) is 6.54 Å². The predicted octanol–water partition coefficient (Wildman–Crippen LogP) is 1.81. The zero-order chi connectivity index (χ0) is 18.5. The number of aromatic nitrogens is 3. The Balaban J connectivity index is 1.78. The van der Waals surface area contributed by atoms with Crippen molar-refractivity contribution >= 4 is 39.9 Å². The van der Waals surface area contributed by atoms with Gasteiger partial charge in [0.1, 0.15) is 12.4 Å². The largest absolute Gasteiger partial charge is 0.395 e. The topological polar surface area (TPSA) is 116 Å². The molecule has 0 unspecified atom stereocenters. The van der Waals surface area contributed by atoms with Crippen LogP contribution in [0.2, 0.25) is 5.02 Å². The molecule has 0 atom stereocenters. The Morgan fingerprint density at radius 2 is 2.23 bits per heavy atom. The highest BCUT2D eigenvalue weighted by atomic mass is 35.5. The van der Waals surface area contributed by atoms with Gasteiger partial charge in [0.2, 0.25) is 5.91 Å². The molecule has 3 aromatic rings. The summed E-state index contributed by atoms with van der Waals surface area (Å²) in [5, 5.41) is 29.0. The molecule has 3 rings (SSSR count). The number of nitriles is 1. The van der Waals surface area contributed by atoms with Crippen LogP contribution in [0.5, 0.6) is 0 Å². The molecule has 0 saturated carbocycles. The Bertz CT molecular complexity index is 995. The number of rotatable bonds is 6. The smallest absolute Gasteiger partial charge is 0.241 e. The Hall–Kier alpha value is -3.15. The third kappa shape index (κ3) is 4.08. The lowest BCUT2D eigenvalue weighted by Gasteiger charge is -2.07. The number of aliphatic hydroxyl groups excluding tert-OH is 1. The molecule has 2 heterocycles. The van der Waals surface area contributed by atoms with Crippen molar-refractivity contribution in [2.24, 2.45) is 0 Å². The van der Waals surface area contributed by atoms with E-state index in [1.807, 2.05) is 0 Å². The quantitative estimate of drug-likeness (QED) is 0.609. The number of hydrogen-bond donors (Lipinski definition) is 3. The number of nitrogens with zero attached hydrogens (tertiary/aromatic N) is 4. The molecular weight excluding hydrogens is 356 g/mol. The molecule has 0 radical (unpaired) electrons. The number of nitrogens with one attached hydrogen (secondary N) is 2. The molecule has 0 aliphatic carbocycles. The van der Waals surface area contributed by atoms with E-state index in [4.69, 9.17) is 16.7 Å². The molecule has 132 valence electrons. The minimum absolute atomic E-state index is 0.0365. The van der Waals surface area contributed by atoms with E-state index in [2.05, 4.69) is 26.8 Å². The van der Waals surface area contributed by atoms with Crippen LogP contribution in [0.4, 0.5) is 11.5 Å². The van der Waals surface area contributed by atoms with Crippen molar-refractivity contribution in [1.29, 1.82) is 5.26 Å². The highest BCUT2D eigenvalue weighted by Gasteiger charge is 2.09. The molecule has 26 heavy (non-hydrogen) atoms. The van der Waals surface area contributed by atoms with Gasteiger partial charge in [-0.05, 0) is 24.3 Å². The summed E-state index contributed by atoms with van der Waals surface area (Å²) in [6.45, 7) is 0.125. The molecule has 0 fully saturated rings. The van der Waals surface area contributed by atoms with Gasteiger partial charge in [-0.2, -0.15) is 10.4 Å². The number of aliphatic hydroxyl groups is 1. The summed E-state index contributed by atoms with van der Waals surface area (Å²) in [5.41, 5.74) is 1.73. The summed E-state index contributed by atoms with van der Waals surface area (Å²) >= 11 is 5.98. The van der Waals surface area contributed by atoms with Crippen LogP contribution in [-0.4, -0.2) is 38.9 Å². The second kappa shape index (κ2) is 7.82. The molecule has 3 N–H and O–H groups in total. The van der Waals surface area contributed by atoms with Gasteiger partial charge in [0.25, 0.3) is 0 Å². The Kier molecular flexibility index (Phi) is 5.31. The van der Waals surface area contributed by atoms with Crippen molar-refractivity contribution in [3.63, 3.8) is 0 Å². The number of carbonyl (C=O) groups is 1. The van der Waals surface area contributed by atoms with Crippen LogP contribution in [0, 0.1) is 11.3 Å². The molecule has 2 aromatic heterocycles. The molecule has 1 aromatic carbocycles. The maximum absolute atomic E-state index is 11.6. The number of benzene rings is 1. The average Bonchev–Trinajstić information content (AvgIpc) is 3.06. The fourth-order valence-electron chi connectivity index (χ4n) is 2.42. The number of pyridine rings is 1. The lowest BCUT2D eigenvalue weighted by molar-refractivity contribution is -0.122.